The molecule has 23 heavy (non-hydrogen) atoms. The number of thiocarbonyl (C=S) groups is 1. The SMILES string of the molecule is CC1=CCCC(C)=C1OC(=S)Nc1cc(B(O)O)c(C)cc1Cl. The smallest absolute Gasteiger partial charge is 0.431 e. The van der Waals surface area contributed by atoms with Crippen LogP contribution in [0.2, 0.25) is 5.02 Å². The van der Waals surface area contributed by atoms with Crippen LogP contribution in [0.25, 0.3) is 0 Å². The summed E-state index contributed by atoms with van der Waals surface area (Å²) < 4.78 is 5.75. The molecule has 1 aromatic carbocycles. The molecule has 0 saturated heterocycles. The molecular formula is C16H19BClNO3S. The van der Waals surface area contributed by atoms with Gasteiger partial charge in [0.15, 0.2) is 0 Å². The van der Waals surface area contributed by atoms with Crippen molar-refractivity contribution >= 4 is 47.3 Å². The molecule has 4 nitrogen and oxygen atoms in total. The molecule has 0 saturated carbocycles. The minimum atomic E-state index is -1.57. The van der Waals surface area contributed by atoms with Crippen LogP contribution < -0.4 is 10.8 Å². The van der Waals surface area contributed by atoms with Gasteiger partial charge in [0, 0.05) is 0 Å². The summed E-state index contributed by atoms with van der Waals surface area (Å²) >= 11 is 11.4. The summed E-state index contributed by atoms with van der Waals surface area (Å²) in [5, 5.41) is 22.3. The molecule has 1 aliphatic carbocycles. The highest BCUT2D eigenvalue weighted by Crippen LogP contribution is 2.27. The highest BCUT2D eigenvalue weighted by Gasteiger charge is 2.18. The second kappa shape index (κ2) is 7.49. The zero-order valence-electron chi connectivity index (χ0n) is 13.3. The van der Waals surface area contributed by atoms with Crippen LogP contribution in [0.3, 0.4) is 0 Å². The molecule has 1 aliphatic rings. The average Bonchev–Trinajstić information content (AvgIpc) is 2.45. The Hall–Kier alpha value is -1.34. The van der Waals surface area contributed by atoms with E-state index in [1.807, 2.05) is 13.8 Å². The van der Waals surface area contributed by atoms with Crippen molar-refractivity contribution in [3.63, 3.8) is 0 Å². The lowest BCUT2D eigenvalue weighted by Crippen LogP contribution is -2.32. The Morgan fingerprint density at radius 2 is 2.00 bits per heavy atom. The van der Waals surface area contributed by atoms with Gasteiger partial charge in [-0.1, -0.05) is 17.7 Å². The van der Waals surface area contributed by atoms with E-state index in [4.69, 9.17) is 28.6 Å². The molecule has 0 radical (unpaired) electrons. The second-order valence-electron chi connectivity index (χ2n) is 5.61. The minimum Gasteiger partial charge on any atom is -0.431 e. The number of halogens is 1. The third-order valence-electron chi connectivity index (χ3n) is 3.78. The predicted molar refractivity (Wildman–Crippen MR) is 99.0 cm³/mol. The van der Waals surface area contributed by atoms with E-state index < -0.39 is 7.12 Å². The molecule has 0 aliphatic heterocycles. The van der Waals surface area contributed by atoms with E-state index in [1.165, 1.54) is 0 Å². The molecule has 0 unspecified atom stereocenters. The zero-order valence-corrected chi connectivity index (χ0v) is 14.9. The number of allylic oxidation sites excluding steroid dienone is 3. The summed E-state index contributed by atoms with van der Waals surface area (Å²) in [6.45, 7) is 5.76. The summed E-state index contributed by atoms with van der Waals surface area (Å²) in [7, 11) is -1.57. The van der Waals surface area contributed by atoms with E-state index in [9.17, 15) is 10.0 Å². The van der Waals surface area contributed by atoms with Gasteiger partial charge in [0.25, 0.3) is 5.17 Å². The normalized spacial score (nSPS) is 14.4. The Balaban J connectivity index is 2.18. The predicted octanol–water partition coefficient (Wildman–Crippen LogP) is 3.06. The Morgan fingerprint density at radius 3 is 2.61 bits per heavy atom. The van der Waals surface area contributed by atoms with Gasteiger partial charge in [-0.15, -0.1) is 0 Å². The molecule has 1 aromatic rings. The number of aryl methyl sites for hydroxylation is 1. The van der Waals surface area contributed by atoms with Crippen molar-refractivity contribution in [3.05, 3.63) is 45.7 Å². The fraction of sp³-hybridized carbons (Fsp3) is 0.312. The topological polar surface area (TPSA) is 61.7 Å². The first-order valence-electron chi connectivity index (χ1n) is 7.31. The summed E-state index contributed by atoms with van der Waals surface area (Å²) in [4.78, 5) is 0. The fourth-order valence-corrected chi connectivity index (χ4v) is 2.97. The van der Waals surface area contributed by atoms with Gasteiger partial charge < -0.3 is 20.1 Å². The standard InChI is InChI=1S/C16H19BClNO3S/c1-9-5-4-6-10(2)15(9)22-16(23)19-14-8-12(17(20)21)11(3)7-13(14)18/h5,7-8,20-21H,4,6H2,1-3H3,(H,19,23). The summed E-state index contributed by atoms with van der Waals surface area (Å²) in [5.74, 6) is 0.777. The molecule has 0 fully saturated rings. The van der Waals surface area contributed by atoms with Gasteiger partial charge in [-0.3, -0.25) is 0 Å². The maximum absolute atomic E-state index is 9.39. The summed E-state index contributed by atoms with van der Waals surface area (Å²) in [6.07, 6.45) is 4.07. The van der Waals surface area contributed by atoms with Gasteiger partial charge in [0.05, 0.1) is 10.7 Å². The van der Waals surface area contributed by atoms with Crippen LogP contribution in [0.1, 0.15) is 32.3 Å². The van der Waals surface area contributed by atoms with Crippen molar-refractivity contribution in [2.24, 2.45) is 0 Å². The largest absolute Gasteiger partial charge is 0.488 e. The van der Waals surface area contributed by atoms with Crippen LogP contribution in [-0.2, 0) is 4.74 Å². The third-order valence-corrected chi connectivity index (χ3v) is 4.28. The van der Waals surface area contributed by atoms with Gasteiger partial charge in [0.2, 0.25) is 0 Å². The summed E-state index contributed by atoms with van der Waals surface area (Å²) in [5.41, 5.74) is 3.73. The number of anilines is 1. The highest BCUT2D eigenvalue weighted by atomic mass is 35.5. The molecule has 7 heteroatoms. The molecule has 3 N–H and O–H groups in total. The van der Waals surface area contributed by atoms with Crippen molar-refractivity contribution in [1.29, 1.82) is 0 Å². The van der Waals surface area contributed by atoms with Gasteiger partial charge in [0.1, 0.15) is 5.76 Å². The van der Waals surface area contributed by atoms with Crippen LogP contribution >= 0.6 is 23.8 Å². The van der Waals surface area contributed by atoms with Crippen molar-refractivity contribution in [1.82, 2.24) is 0 Å². The van der Waals surface area contributed by atoms with E-state index in [0.29, 0.717) is 21.7 Å². The molecule has 0 amide bonds. The first-order valence-corrected chi connectivity index (χ1v) is 8.10. The lowest BCUT2D eigenvalue weighted by atomic mass is 9.77. The van der Waals surface area contributed by atoms with Gasteiger partial charge in [-0.25, -0.2) is 0 Å². The van der Waals surface area contributed by atoms with Crippen molar-refractivity contribution < 1.29 is 14.8 Å². The number of nitrogens with one attached hydrogen (secondary N) is 1. The molecule has 122 valence electrons. The third kappa shape index (κ3) is 4.35. The average molecular weight is 352 g/mol. The number of rotatable bonds is 3. The maximum atomic E-state index is 9.39. The molecule has 0 bridgehead atoms. The van der Waals surface area contributed by atoms with Crippen molar-refractivity contribution in [2.45, 2.75) is 33.6 Å². The Bertz CT molecular complexity index is 701. The number of hydrogen-bond donors (Lipinski definition) is 3. The Labute approximate surface area is 147 Å². The molecular weight excluding hydrogens is 333 g/mol. The van der Waals surface area contributed by atoms with E-state index in [2.05, 4.69) is 11.4 Å². The molecule has 0 atom stereocenters. The quantitative estimate of drug-likeness (QED) is 0.577. The number of hydrogen-bond acceptors (Lipinski definition) is 4. The summed E-state index contributed by atoms with van der Waals surface area (Å²) in [6, 6.07) is 3.21. The van der Waals surface area contributed by atoms with Crippen LogP contribution in [0.15, 0.2) is 35.1 Å². The Kier molecular flexibility index (Phi) is 5.86. The maximum Gasteiger partial charge on any atom is 0.488 e. The monoisotopic (exact) mass is 351 g/mol. The number of ether oxygens (including phenoxy) is 1. The molecule has 2 rings (SSSR count). The molecule has 0 spiro atoms. The van der Waals surface area contributed by atoms with Gasteiger partial charge in [-0.05, 0) is 80.1 Å². The first-order chi connectivity index (χ1) is 10.8. The lowest BCUT2D eigenvalue weighted by Gasteiger charge is -2.19. The highest BCUT2D eigenvalue weighted by molar-refractivity contribution is 7.80. The van der Waals surface area contributed by atoms with Crippen LogP contribution in [0, 0.1) is 6.92 Å². The fourth-order valence-electron chi connectivity index (χ4n) is 2.51. The van der Waals surface area contributed by atoms with Crippen LogP contribution in [-0.4, -0.2) is 22.3 Å². The second-order valence-corrected chi connectivity index (χ2v) is 6.39. The lowest BCUT2D eigenvalue weighted by molar-refractivity contribution is 0.422. The Morgan fingerprint density at radius 1 is 1.30 bits per heavy atom. The van der Waals surface area contributed by atoms with Crippen molar-refractivity contribution in [3.8, 4) is 0 Å². The first kappa shape index (κ1) is 18.0. The van der Waals surface area contributed by atoms with E-state index >= 15 is 0 Å². The molecule has 0 aromatic heterocycles. The zero-order chi connectivity index (χ0) is 17.1. The van der Waals surface area contributed by atoms with Crippen LogP contribution in [0.5, 0.6) is 0 Å². The van der Waals surface area contributed by atoms with Gasteiger partial charge in [-0.2, -0.15) is 0 Å². The van der Waals surface area contributed by atoms with E-state index in [0.717, 1.165) is 29.7 Å². The minimum absolute atomic E-state index is 0.165. The molecule has 0 heterocycles. The van der Waals surface area contributed by atoms with E-state index in [-0.39, 0.29) is 5.17 Å². The van der Waals surface area contributed by atoms with Crippen LogP contribution in [0.4, 0.5) is 5.69 Å². The van der Waals surface area contributed by atoms with Crippen molar-refractivity contribution in [2.75, 3.05) is 5.32 Å². The number of benzene rings is 1. The van der Waals surface area contributed by atoms with Gasteiger partial charge >= 0.3 is 7.12 Å². The van der Waals surface area contributed by atoms with E-state index in [1.54, 1.807) is 19.1 Å².